The fraction of sp³-hybridized carbons (Fsp3) is 0.0625. The molecule has 0 aliphatic heterocycles. The summed E-state index contributed by atoms with van der Waals surface area (Å²) >= 11 is 12.1. The van der Waals surface area contributed by atoms with Gasteiger partial charge >= 0.3 is 0 Å². The highest BCUT2D eigenvalue weighted by atomic mass is 35.5. The average Bonchev–Trinajstić information content (AvgIpc) is 2.97. The Morgan fingerprint density at radius 1 is 1.04 bits per heavy atom. The number of carbonyl (C=O) groups is 1. The SMILES string of the molecule is O=C(Nc1ncn(Cc2ccccc2Cl)n1)c1ccccc1Cl. The van der Waals surface area contributed by atoms with E-state index in [9.17, 15) is 4.79 Å². The summed E-state index contributed by atoms with van der Waals surface area (Å²) in [5, 5.41) is 7.87. The van der Waals surface area contributed by atoms with Crippen molar-refractivity contribution in [1.29, 1.82) is 0 Å². The van der Waals surface area contributed by atoms with Crippen LogP contribution in [0.25, 0.3) is 0 Å². The molecular formula is C16H12Cl2N4O. The lowest BCUT2D eigenvalue weighted by atomic mass is 10.2. The van der Waals surface area contributed by atoms with Crippen molar-refractivity contribution in [2.75, 3.05) is 5.32 Å². The Morgan fingerprint density at radius 2 is 1.74 bits per heavy atom. The molecule has 1 aromatic heterocycles. The fourth-order valence-corrected chi connectivity index (χ4v) is 2.46. The van der Waals surface area contributed by atoms with Gasteiger partial charge in [-0.15, -0.1) is 5.10 Å². The zero-order valence-corrected chi connectivity index (χ0v) is 13.4. The van der Waals surface area contributed by atoms with Gasteiger partial charge < -0.3 is 0 Å². The highest BCUT2D eigenvalue weighted by Gasteiger charge is 2.12. The van der Waals surface area contributed by atoms with Crippen LogP contribution in [0.3, 0.4) is 0 Å². The minimum atomic E-state index is -0.355. The Labute approximate surface area is 142 Å². The molecule has 0 saturated carbocycles. The predicted molar refractivity (Wildman–Crippen MR) is 90.0 cm³/mol. The predicted octanol–water partition coefficient (Wildman–Crippen LogP) is 3.89. The van der Waals surface area contributed by atoms with Gasteiger partial charge in [0.05, 0.1) is 17.1 Å². The summed E-state index contributed by atoms with van der Waals surface area (Å²) in [4.78, 5) is 16.2. The maximum absolute atomic E-state index is 12.2. The molecule has 0 saturated heterocycles. The topological polar surface area (TPSA) is 59.8 Å². The molecule has 23 heavy (non-hydrogen) atoms. The van der Waals surface area contributed by atoms with E-state index in [2.05, 4.69) is 15.4 Å². The van der Waals surface area contributed by atoms with Gasteiger partial charge in [0.2, 0.25) is 5.95 Å². The number of hydrogen-bond acceptors (Lipinski definition) is 3. The van der Waals surface area contributed by atoms with Crippen LogP contribution in [0.5, 0.6) is 0 Å². The van der Waals surface area contributed by atoms with Crippen LogP contribution in [0.4, 0.5) is 5.95 Å². The zero-order chi connectivity index (χ0) is 16.2. The molecule has 3 rings (SSSR count). The van der Waals surface area contributed by atoms with Crippen LogP contribution >= 0.6 is 23.2 Å². The number of benzene rings is 2. The highest BCUT2D eigenvalue weighted by molar-refractivity contribution is 6.34. The molecule has 0 aliphatic rings. The Bertz CT molecular complexity index is 847. The van der Waals surface area contributed by atoms with Crippen molar-refractivity contribution in [3.63, 3.8) is 0 Å². The number of hydrogen-bond donors (Lipinski definition) is 1. The van der Waals surface area contributed by atoms with Crippen molar-refractivity contribution >= 4 is 35.1 Å². The van der Waals surface area contributed by atoms with Crippen molar-refractivity contribution in [3.05, 3.63) is 76.0 Å². The van der Waals surface area contributed by atoms with Gasteiger partial charge in [0.25, 0.3) is 5.91 Å². The lowest BCUT2D eigenvalue weighted by molar-refractivity contribution is 0.102. The minimum absolute atomic E-state index is 0.210. The summed E-state index contributed by atoms with van der Waals surface area (Å²) < 4.78 is 1.60. The number of nitrogens with one attached hydrogen (secondary N) is 1. The summed E-state index contributed by atoms with van der Waals surface area (Å²) in [6, 6.07) is 14.3. The molecule has 1 heterocycles. The van der Waals surface area contributed by atoms with Crippen LogP contribution in [0.1, 0.15) is 15.9 Å². The second-order valence-electron chi connectivity index (χ2n) is 4.79. The van der Waals surface area contributed by atoms with Gasteiger partial charge in [0.1, 0.15) is 6.33 Å². The molecule has 0 unspecified atom stereocenters. The van der Waals surface area contributed by atoms with Crippen molar-refractivity contribution in [3.8, 4) is 0 Å². The number of anilines is 1. The van der Waals surface area contributed by atoms with Gasteiger partial charge in [0.15, 0.2) is 0 Å². The van der Waals surface area contributed by atoms with Gasteiger partial charge in [0, 0.05) is 5.02 Å². The molecular weight excluding hydrogens is 335 g/mol. The van der Waals surface area contributed by atoms with E-state index >= 15 is 0 Å². The first kappa shape index (κ1) is 15.5. The lowest BCUT2D eigenvalue weighted by Gasteiger charge is -2.04. The number of amides is 1. The van der Waals surface area contributed by atoms with E-state index in [0.29, 0.717) is 22.2 Å². The fourth-order valence-electron chi connectivity index (χ4n) is 2.04. The molecule has 0 fully saturated rings. The lowest BCUT2D eigenvalue weighted by Crippen LogP contribution is -2.14. The van der Waals surface area contributed by atoms with Crippen molar-refractivity contribution in [2.24, 2.45) is 0 Å². The molecule has 0 bridgehead atoms. The van der Waals surface area contributed by atoms with Crippen molar-refractivity contribution < 1.29 is 4.79 Å². The number of aromatic nitrogens is 3. The molecule has 0 atom stereocenters. The summed E-state index contributed by atoms with van der Waals surface area (Å²) in [7, 11) is 0. The van der Waals surface area contributed by atoms with Gasteiger partial charge in [-0.05, 0) is 23.8 Å². The first-order valence-corrected chi connectivity index (χ1v) is 7.58. The molecule has 0 spiro atoms. The smallest absolute Gasteiger partial charge is 0.259 e. The standard InChI is InChI=1S/C16H12Cl2N4O/c17-13-7-3-1-5-11(13)9-22-10-19-16(21-22)20-15(23)12-6-2-4-8-14(12)18/h1-8,10H,9H2,(H,20,21,23). The normalized spacial score (nSPS) is 10.5. The van der Waals surface area contributed by atoms with E-state index < -0.39 is 0 Å². The second-order valence-corrected chi connectivity index (χ2v) is 5.61. The maximum atomic E-state index is 12.2. The maximum Gasteiger partial charge on any atom is 0.259 e. The zero-order valence-electron chi connectivity index (χ0n) is 11.9. The van der Waals surface area contributed by atoms with Crippen molar-refractivity contribution in [2.45, 2.75) is 6.54 Å². The third kappa shape index (κ3) is 3.70. The summed E-state index contributed by atoms with van der Waals surface area (Å²) in [5.41, 5.74) is 1.29. The third-order valence-corrected chi connectivity index (χ3v) is 3.87. The largest absolute Gasteiger partial charge is 0.289 e. The summed E-state index contributed by atoms with van der Waals surface area (Å²) in [6.07, 6.45) is 1.53. The van der Waals surface area contributed by atoms with E-state index in [1.165, 1.54) is 6.33 Å². The van der Waals surface area contributed by atoms with E-state index in [0.717, 1.165) is 5.56 Å². The van der Waals surface area contributed by atoms with Gasteiger partial charge in [-0.25, -0.2) is 9.67 Å². The first-order chi connectivity index (χ1) is 11.1. The van der Waals surface area contributed by atoms with Crippen LogP contribution in [0.15, 0.2) is 54.9 Å². The molecule has 3 aromatic rings. The van der Waals surface area contributed by atoms with Crippen LogP contribution in [-0.2, 0) is 6.54 Å². The van der Waals surface area contributed by atoms with Crippen LogP contribution in [0.2, 0.25) is 10.0 Å². The second kappa shape index (κ2) is 6.81. The molecule has 0 radical (unpaired) electrons. The van der Waals surface area contributed by atoms with Crippen LogP contribution < -0.4 is 5.32 Å². The number of halogens is 2. The Balaban J connectivity index is 1.72. The van der Waals surface area contributed by atoms with Crippen molar-refractivity contribution in [1.82, 2.24) is 14.8 Å². The summed E-state index contributed by atoms with van der Waals surface area (Å²) in [6.45, 7) is 0.467. The van der Waals surface area contributed by atoms with E-state index in [4.69, 9.17) is 23.2 Å². The Hall–Kier alpha value is -2.37. The summed E-state index contributed by atoms with van der Waals surface area (Å²) in [5.74, 6) is -0.145. The number of rotatable bonds is 4. The van der Waals surface area contributed by atoms with E-state index in [1.807, 2.05) is 24.3 Å². The van der Waals surface area contributed by atoms with Crippen LogP contribution in [-0.4, -0.2) is 20.7 Å². The minimum Gasteiger partial charge on any atom is -0.289 e. The molecule has 1 N–H and O–H groups in total. The molecule has 0 aliphatic carbocycles. The third-order valence-electron chi connectivity index (χ3n) is 3.17. The van der Waals surface area contributed by atoms with Crippen LogP contribution in [0, 0.1) is 0 Å². The molecule has 116 valence electrons. The number of nitrogens with zero attached hydrogens (tertiary/aromatic N) is 3. The van der Waals surface area contributed by atoms with Gasteiger partial charge in [-0.2, -0.15) is 0 Å². The average molecular weight is 347 g/mol. The Kier molecular flexibility index (Phi) is 4.60. The quantitative estimate of drug-likeness (QED) is 0.779. The van der Waals surface area contributed by atoms with Gasteiger partial charge in [-0.3, -0.25) is 10.1 Å². The monoisotopic (exact) mass is 346 g/mol. The Morgan fingerprint density at radius 3 is 2.48 bits per heavy atom. The highest BCUT2D eigenvalue weighted by Crippen LogP contribution is 2.17. The van der Waals surface area contributed by atoms with E-state index in [-0.39, 0.29) is 11.9 Å². The first-order valence-electron chi connectivity index (χ1n) is 6.82. The number of carbonyl (C=O) groups excluding carboxylic acids is 1. The van der Waals surface area contributed by atoms with Gasteiger partial charge in [-0.1, -0.05) is 53.5 Å². The van der Waals surface area contributed by atoms with E-state index in [1.54, 1.807) is 28.9 Å². The molecule has 7 heteroatoms. The molecule has 5 nitrogen and oxygen atoms in total. The molecule has 2 aromatic carbocycles. The molecule has 1 amide bonds.